The van der Waals surface area contributed by atoms with Crippen molar-refractivity contribution in [2.75, 3.05) is 31.9 Å². The summed E-state index contributed by atoms with van der Waals surface area (Å²) in [5.41, 5.74) is 1.98. The normalized spacial score (nSPS) is 16.2. The van der Waals surface area contributed by atoms with Crippen LogP contribution in [0.1, 0.15) is 25.3 Å². The van der Waals surface area contributed by atoms with Gasteiger partial charge >= 0.3 is 0 Å². The average Bonchev–Trinajstić information content (AvgIpc) is 2.80. The Morgan fingerprint density at radius 1 is 1.20 bits per heavy atom. The first kappa shape index (κ1) is 20.1. The van der Waals surface area contributed by atoms with Crippen LogP contribution in [0, 0.1) is 11.3 Å². The second-order valence-electron chi connectivity index (χ2n) is 7.08. The summed E-state index contributed by atoms with van der Waals surface area (Å²) in [7, 11) is 0. The fraction of sp³-hybridized carbons (Fsp3) is 0.348. The molecule has 0 bridgehead atoms. The molecule has 1 atom stereocenters. The van der Waals surface area contributed by atoms with Crippen LogP contribution in [0.5, 0.6) is 5.75 Å². The van der Waals surface area contributed by atoms with E-state index >= 15 is 0 Å². The van der Waals surface area contributed by atoms with Crippen molar-refractivity contribution in [2.24, 2.45) is 0 Å². The van der Waals surface area contributed by atoms with E-state index < -0.39 is 0 Å². The van der Waals surface area contributed by atoms with Crippen LogP contribution < -0.4 is 10.1 Å². The number of fused-ring (bicyclic) bond motifs is 1. The van der Waals surface area contributed by atoms with Crippen molar-refractivity contribution in [1.82, 2.24) is 10.2 Å². The zero-order chi connectivity index (χ0) is 20.8. The fourth-order valence-electron chi connectivity index (χ4n) is 3.55. The van der Waals surface area contributed by atoms with E-state index in [0.29, 0.717) is 30.2 Å². The summed E-state index contributed by atoms with van der Waals surface area (Å²) in [4.78, 5) is 0. The Morgan fingerprint density at radius 3 is 2.83 bits per heavy atom. The lowest BCUT2D eigenvalue weighted by Gasteiger charge is -2.24. The number of hydrogen-bond donors (Lipinski definition) is 1. The summed E-state index contributed by atoms with van der Waals surface area (Å²) >= 11 is 0. The number of rotatable bonds is 7. The third-order valence-corrected chi connectivity index (χ3v) is 5.06. The molecular weight excluding hydrogens is 380 g/mol. The lowest BCUT2D eigenvalue weighted by molar-refractivity contribution is 0.0227. The van der Waals surface area contributed by atoms with Crippen molar-refractivity contribution >= 4 is 16.6 Å². The first-order chi connectivity index (χ1) is 14.8. The summed E-state index contributed by atoms with van der Waals surface area (Å²) < 4.78 is 16.7. The molecule has 1 unspecified atom stereocenters. The van der Waals surface area contributed by atoms with Gasteiger partial charge in [-0.2, -0.15) is 5.26 Å². The maximum absolute atomic E-state index is 9.28. The van der Waals surface area contributed by atoms with Gasteiger partial charge in [0.05, 0.1) is 24.3 Å². The quantitative estimate of drug-likeness (QED) is 0.468. The van der Waals surface area contributed by atoms with Crippen molar-refractivity contribution in [2.45, 2.75) is 25.8 Å². The Morgan fingerprint density at radius 2 is 2.07 bits per heavy atom. The SMILES string of the molecule is CCOCOc1cc(C#N)ccc1-c1nnc(NC2CCCOC2)c2ccccc12. The zero-order valence-electron chi connectivity index (χ0n) is 16.9. The third-order valence-electron chi connectivity index (χ3n) is 5.06. The van der Waals surface area contributed by atoms with Gasteiger partial charge in [0.15, 0.2) is 12.6 Å². The molecule has 2 heterocycles. The minimum atomic E-state index is 0.102. The highest BCUT2D eigenvalue weighted by atomic mass is 16.7. The van der Waals surface area contributed by atoms with Crippen LogP contribution in [0.3, 0.4) is 0 Å². The van der Waals surface area contributed by atoms with Gasteiger partial charge in [-0.3, -0.25) is 0 Å². The molecule has 1 saturated heterocycles. The largest absolute Gasteiger partial charge is 0.467 e. The molecule has 2 aromatic carbocycles. The molecule has 1 fully saturated rings. The Balaban J connectivity index is 1.74. The highest BCUT2D eigenvalue weighted by Crippen LogP contribution is 2.36. The first-order valence-corrected chi connectivity index (χ1v) is 10.1. The number of aromatic nitrogens is 2. The maximum Gasteiger partial charge on any atom is 0.189 e. The van der Waals surface area contributed by atoms with Crippen molar-refractivity contribution in [3.63, 3.8) is 0 Å². The number of nitrogens with one attached hydrogen (secondary N) is 1. The summed E-state index contributed by atoms with van der Waals surface area (Å²) in [6.07, 6.45) is 2.08. The number of nitriles is 1. The van der Waals surface area contributed by atoms with E-state index in [9.17, 15) is 5.26 Å². The molecule has 154 valence electrons. The van der Waals surface area contributed by atoms with E-state index in [-0.39, 0.29) is 12.8 Å². The van der Waals surface area contributed by atoms with Crippen LogP contribution in [0.25, 0.3) is 22.0 Å². The summed E-state index contributed by atoms with van der Waals surface area (Å²) in [6, 6.07) is 15.7. The highest BCUT2D eigenvalue weighted by molar-refractivity contribution is 6.01. The van der Waals surface area contributed by atoms with E-state index in [0.717, 1.165) is 41.6 Å². The highest BCUT2D eigenvalue weighted by Gasteiger charge is 2.19. The van der Waals surface area contributed by atoms with Gasteiger partial charge in [0.1, 0.15) is 11.4 Å². The molecule has 7 heteroatoms. The molecule has 0 radical (unpaired) electrons. The number of anilines is 1. The van der Waals surface area contributed by atoms with E-state index in [1.54, 1.807) is 12.1 Å². The number of hydrogen-bond acceptors (Lipinski definition) is 7. The smallest absolute Gasteiger partial charge is 0.189 e. The van der Waals surface area contributed by atoms with Crippen LogP contribution in [-0.4, -0.2) is 42.9 Å². The molecule has 0 amide bonds. The van der Waals surface area contributed by atoms with Crippen molar-refractivity contribution in [1.29, 1.82) is 5.26 Å². The molecule has 7 nitrogen and oxygen atoms in total. The zero-order valence-corrected chi connectivity index (χ0v) is 16.9. The predicted octanol–water partition coefficient (Wildman–Crippen LogP) is 4.13. The van der Waals surface area contributed by atoms with E-state index in [1.807, 2.05) is 37.3 Å². The lowest BCUT2D eigenvalue weighted by atomic mass is 10.0. The van der Waals surface area contributed by atoms with Gasteiger partial charge in [-0.1, -0.05) is 24.3 Å². The Labute approximate surface area is 175 Å². The second kappa shape index (κ2) is 9.53. The Bertz CT molecular complexity index is 1060. The molecule has 0 aliphatic carbocycles. The van der Waals surface area contributed by atoms with Crippen LogP contribution in [0.15, 0.2) is 42.5 Å². The van der Waals surface area contributed by atoms with Crippen molar-refractivity contribution in [3.8, 4) is 23.1 Å². The molecule has 1 aliphatic rings. The van der Waals surface area contributed by atoms with Gasteiger partial charge in [0.25, 0.3) is 0 Å². The maximum atomic E-state index is 9.28. The second-order valence-corrected chi connectivity index (χ2v) is 7.08. The van der Waals surface area contributed by atoms with Crippen molar-refractivity contribution in [3.05, 3.63) is 48.0 Å². The number of nitrogens with zero attached hydrogens (tertiary/aromatic N) is 3. The third kappa shape index (κ3) is 4.35. The molecule has 3 aromatic rings. The molecular formula is C23H24N4O3. The summed E-state index contributed by atoms with van der Waals surface area (Å²) in [6.45, 7) is 4.03. The molecule has 0 spiro atoms. The van der Waals surface area contributed by atoms with E-state index in [1.165, 1.54) is 0 Å². The standard InChI is InChI=1S/C23H24N4O3/c1-2-28-15-30-21-12-16(13-24)9-10-20(21)22-18-7-3-4-8-19(18)23(27-26-22)25-17-6-5-11-29-14-17/h3-4,7-10,12,17H,2,5-6,11,14-15H2,1H3,(H,25,27). The summed E-state index contributed by atoms with van der Waals surface area (Å²) in [5.74, 6) is 1.29. The van der Waals surface area contributed by atoms with Gasteiger partial charge in [0, 0.05) is 29.5 Å². The topological polar surface area (TPSA) is 89.3 Å². The van der Waals surface area contributed by atoms with Gasteiger partial charge in [-0.25, -0.2) is 0 Å². The summed E-state index contributed by atoms with van der Waals surface area (Å²) in [5, 5.41) is 23.7. The van der Waals surface area contributed by atoms with E-state index in [4.69, 9.17) is 14.2 Å². The van der Waals surface area contributed by atoms with Crippen LogP contribution >= 0.6 is 0 Å². The number of benzene rings is 2. The van der Waals surface area contributed by atoms with Gasteiger partial charge in [0.2, 0.25) is 0 Å². The molecule has 1 N–H and O–H groups in total. The Kier molecular flexibility index (Phi) is 6.38. The lowest BCUT2D eigenvalue weighted by Crippen LogP contribution is -2.30. The molecule has 4 rings (SSSR count). The Hall–Kier alpha value is -3.21. The van der Waals surface area contributed by atoms with Crippen LogP contribution in [0.4, 0.5) is 5.82 Å². The monoisotopic (exact) mass is 404 g/mol. The minimum absolute atomic E-state index is 0.102. The van der Waals surface area contributed by atoms with Crippen LogP contribution in [0.2, 0.25) is 0 Å². The predicted molar refractivity (Wildman–Crippen MR) is 114 cm³/mol. The van der Waals surface area contributed by atoms with Gasteiger partial charge in [-0.15, -0.1) is 10.2 Å². The van der Waals surface area contributed by atoms with Crippen LogP contribution in [-0.2, 0) is 9.47 Å². The minimum Gasteiger partial charge on any atom is -0.467 e. The molecule has 1 aromatic heterocycles. The van der Waals surface area contributed by atoms with Crippen molar-refractivity contribution < 1.29 is 14.2 Å². The fourth-order valence-corrected chi connectivity index (χ4v) is 3.55. The number of ether oxygens (including phenoxy) is 3. The van der Waals surface area contributed by atoms with Gasteiger partial charge in [-0.05, 0) is 38.0 Å². The molecule has 30 heavy (non-hydrogen) atoms. The average molecular weight is 404 g/mol. The van der Waals surface area contributed by atoms with E-state index in [2.05, 4.69) is 21.6 Å². The molecule has 0 saturated carbocycles. The molecule has 1 aliphatic heterocycles. The first-order valence-electron chi connectivity index (χ1n) is 10.1. The van der Waals surface area contributed by atoms with Gasteiger partial charge < -0.3 is 19.5 Å².